The number of nitrogens with one attached hydrogen (secondary N) is 1. The number of thioether (sulfide) groups is 1. The minimum atomic E-state index is -0.536. The third-order valence-corrected chi connectivity index (χ3v) is 5.31. The summed E-state index contributed by atoms with van der Waals surface area (Å²) < 4.78 is 19.1. The summed E-state index contributed by atoms with van der Waals surface area (Å²) in [4.78, 5) is 28.4. The van der Waals surface area contributed by atoms with Crippen LogP contribution in [-0.2, 0) is 4.79 Å². The number of nitrogens with zero attached hydrogens (tertiary/aromatic N) is 2. The van der Waals surface area contributed by atoms with Crippen molar-refractivity contribution in [3.63, 3.8) is 0 Å². The molecule has 2 saturated heterocycles. The van der Waals surface area contributed by atoms with Crippen LogP contribution < -0.4 is 10.1 Å². The average Bonchev–Trinajstić information content (AvgIpc) is 3.17. The Bertz CT molecular complexity index is 644. The molecule has 1 aromatic carbocycles. The molecule has 0 aliphatic carbocycles. The van der Waals surface area contributed by atoms with Gasteiger partial charge in [-0.15, -0.1) is 11.8 Å². The average molecular weight is 367 g/mol. The number of hydrogen-bond donors (Lipinski definition) is 1. The van der Waals surface area contributed by atoms with Crippen molar-refractivity contribution in [2.24, 2.45) is 0 Å². The molecule has 2 heterocycles. The van der Waals surface area contributed by atoms with Gasteiger partial charge in [-0.25, -0.2) is 4.39 Å². The predicted octanol–water partition coefficient (Wildman–Crippen LogP) is 1.17. The summed E-state index contributed by atoms with van der Waals surface area (Å²) in [5.41, 5.74) is 0.301. The first-order chi connectivity index (χ1) is 12.1. The van der Waals surface area contributed by atoms with Crippen LogP contribution in [0.5, 0.6) is 5.75 Å². The number of carbonyl (C=O) groups excluding carboxylic acids is 2. The first-order valence-corrected chi connectivity index (χ1v) is 9.57. The van der Waals surface area contributed by atoms with Crippen LogP contribution in [0.1, 0.15) is 17.3 Å². The summed E-state index contributed by atoms with van der Waals surface area (Å²) in [5.74, 6) is 1.09. The van der Waals surface area contributed by atoms with Crippen LogP contribution in [0.2, 0.25) is 0 Å². The first-order valence-electron chi connectivity index (χ1n) is 8.41. The van der Waals surface area contributed by atoms with Crippen molar-refractivity contribution in [2.75, 3.05) is 44.4 Å². The lowest BCUT2D eigenvalue weighted by Crippen LogP contribution is -2.54. The molecule has 0 radical (unpaired) electrons. The molecule has 2 aliphatic heterocycles. The molecular weight excluding hydrogens is 345 g/mol. The summed E-state index contributed by atoms with van der Waals surface area (Å²) in [5, 5.41) is 3.17. The second kappa shape index (κ2) is 8.05. The Morgan fingerprint density at radius 3 is 2.60 bits per heavy atom. The maximum Gasteiger partial charge on any atom is 0.254 e. The normalized spacial score (nSPS) is 20.6. The van der Waals surface area contributed by atoms with Gasteiger partial charge in [-0.05, 0) is 25.1 Å². The zero-order valence-electron chi connectivity index (χ0n) is 14.2. The van der Waals surface area contributed by atoms with Crippen molar-refractivity contribution < 1.29 is 18.7 Å². The third kappa shape index (κ3) is 4.07. The molecule has 6 nitrogen and oxygen atoms in total. The van der Waals surface area contributed by atoms with Crippen molar-refractivity contribution in [3.05, 3.63) is 29.6 Å². The fourth-order valence-electron chi connectivity index (χ4n) is 2.99. The van der Waals surface area contributed by atoms with E-state index in [2.05, 4.69) is 5.32 Å². The monoisotopic (exact) mass is 367 g/mol. The van der Waals surface area contributed by atoms with E-state index < -0.39 is 5.82 Å². The van der Waals surface area contributed by atoms with Crippen molar-refractivity contribution >= 4 is 23.6 Å². The minimum absolute atomic E-state index is 0.101. The molecule has 0 saturated carbocycles. The lowest BCUT2D eigenvalue weighted by Gasteiger charge is -2.36. The van der Waals surface area contributed by atoms with Crippen molar-refractivity contribution in [1.82, 2.24) is 15.1 Å². The standard InChI is InChI=1S/C17H22FN3O3S/c1-2-24-15-4-3-12(9-13(15)18)16(22)20-5-7-21(8-6-20)17(23)14-10-25-11-19-14/h3-4,9,14,19H,2,5-8,10-11H2,1H3. The van der Waals surface area contributed by atoms with Crippen LogP contribution >= 0.6 is 11.8 Å². The fraction of sp³-hybridized carbons (Fsp3) is 0.529. The first kappa shape index (κ1) is 18.0. The molecule has 2 aliphatic rings. The number of piperazine rings is 1. The summed E-state index contributed by atoms with van der Waals surface area (Å²) in [6.07, 6.45) is 0. The Morgan fingerprint density at radius 1 is 1.28 bits per heavy atom. The zero-order valence-corrected chi connectivity index (χ0v) is 15.0. The van der Waals surface area contributed by atoms with Crippen LogP contribution in [-0.4, -0.2) is 72.1 Å². The number of hydrogen-bond acceptors (Lipinski definition) is 5. The van der Waals surface area contributed by atoms with E-state index in [-0.39, 0.29) is 23.6 Å². The highest BCUT2D eigenvalue weighted by Gasteiger charge is 2.31. The van der Waals surface area contributed by atoms with Gasteiger partial charge >= 0.3 is 0 Å². The van der Waals surface area contributed by atoms with E-state index in [0.29, 0.717) is 38.3 Å². The topological polar surface area (TPSA) is 61.9 Å². The molecule has 1 unspecified atom stereocenters. The van der Waals surface area contributed by atoms with Gasteiger partial charge in [-0.3, -0.25) is 14.9 Å². The summed E-state index contributed by atoms with van der Waals surface area (Å²) in [6, 6.07) is 4.15. The second-order valence-electron chi connectivity index (χ2n) is 5.97. The molecule has 0 bridgehead atoms. The van der Waals surface area contributed by atoms with Gasteiger partial charge in [0, 0.05) is 43.4 Å². The second-order valence-corrected chi connectivity index (χ2v) is 7.00. The van der Waals surface area contributed by atoms with Gasteiger partial charge in [0.1, 0.15) is 0 Å². The summed E-state index contributed by atoms with van der Waals surface area (Å²) >= 11 is 1.71. The number of benzene rings is 1. The van der Waals surface area contributed by atoms with Crippen molar-refractivity contribution in [1.29, 1.82) is 0 Å². The van der Waals surface area contributed by atoms with E-state index in [1.807, 2.05) is 0 Å². The molecule has 1 N–H and O–H groups in total. The van der Waals surface area contributed by atoms with E-state index in [1.54, 1.807) is 34.6 Å². The number of rotatable bonds is 4. The van der Waals surface area contributed by atoms with Gasteiger partial charge in [0.2, 0.25) is 5.91 Å². The van der Waals surface area contributed by atoms with Gasteiger partial charge in [-0.2, -0.15) is 0 Å². The Balaban J connectivity index is 1.58. The van der Waals surface area contributed by atoms with Crippen LogP contribution in [0.15, 0.2) is 18.2 Å². The number of amides is 2. The highest BCUT2D eigenvalue weighted by Crippen LogP contribution is 2.20. The lowest BCUT2D eigenvalue weighted by molar-refractivity contribution is -0.134. The molecular formula is C17H22FN3O3S. The maximum absolute atomic E-state index is 13.9. The SMILES string of the molecule is CCOc1ccc(C(=O)N2CCN(C(=O)C3CSCN3)CC2)cc1F. The van der Waals surface area contributed by atoms with E-state index in [9.17, 15) is 14.0 Å². The number of ether oxygens (including phenoxy) is 1. The smallest absolute Gasteiger partial charge is 0.254 e. The highest BCUT2D eigenvalue weighted by atomic mass is 32.2. The minimum Gasteiger partial charge on any atom is -0.491 e. The van der Waals surface area contributed by atoms with Gasteiger partial charge < -0.3 is 14.5 Å². The van der Waals surface area contributed by atoms with Crippen LogP contribution in [0.3, 0.4) is 0 Å². The maximum atomic E-state index is 13.9. The fourth-order valence-corrected chi connectivity index (χ4v) is 3.93. The molecule has 1 atom stereocenters. The molecule has 25 heavy (non-hydrogen) atoms. The van der Waals surface area contributed by atoms with Gasteiger partial charge in [0.05, 0.1) is 12.6 Å². The molecule has 8 heteroatoms. The van der Waals surface area contributed by atoms with Crippen molar-refractivity contribution in [3.8, 4) is 5.75 Å². The summed E-state index contributed by atoms with van der Waals surface area (Å²) in [7, 11) is 0. The Morgan fingerprint density at radius 2 is 2.00 bits per heavy atom. The zero-order chi connectivity index (χ0) is 17.8. The van der Waals surface area contributed by atoms with Gasteiger partial charge in [-0.1, -0.05) is 0 Å². The van der Waals surface area contributed by atoms with Crippen molar-refractivity contribution in [2.45, 2.75) is 13.0 Å². The highest BCUT2D eigenvalue weighted by molar-refractivity contribution is 7.99. The van der Waals surface area contributed by atoms with E-state index >= 15 is 0 Å². The molecule has 2 amide bonds. The molecule has 0 spiro atoms. The van der Waals surface area contributed by atoms with E-state index in [1.165, 1.54) is 12.1 Å². The van der Waals surface area contributed by atoms with Crippen LogP contribution in [0.4, 0.5) is 4.39 Å². The predicted molar refractivity (Wildman–Crippen MR) is 94.3 cm³/mol. The Hall–Kier alpha value is -1.80. The number of halogens is 1. The van der Waals surface area contributed by atoms with Gasteiger partial charge in [0.25, 0.3) is 5.91 Å². The molecule has 1 aromatic rings. The Labute approximate surface area is 150 Å². The summed E-state index contributed by atoms with van der Waals surface area (Å²) in [6.45, 7) is 4.08. The molecule has 0 aromatic heterocycles. The lowest BCUT2D eigenvalue weighted by atomic mass is 10.1. The molecule has 3 rings (SSSR count). The third-order valence-electron chi connectivity index (χ3n) is 4.37. The number of carbonyl (C=O) groups is 2. The van der Waals surface area contributed by atoms with E-state index in [0.717, 1.165) is 11.6 Å². The molecule has 136 valence electrons. The quantitative estimate of drug-likeness (QED) is 0.866. The van der Waals surface area contributed by atoms with Crippen LogP contribution in [0, 0.1) is 5.82 Å². The van der Waals surface area contributed by atoms with Crippen LogP contribution in [0.25, 0.3) is 0 Å². The molecule has 2 fully saturated rings. The Kier molecular flexibility index (Phi) is 5.80. The largest absolute Gasteiger partial charge is 0.491 e. The van der Waals surface area contributed by atoms with E-state index in [4.69, 9.17) is 4.74 Å². The van der Waals surface area contributed by atoms with Gasteiger partial charge in [0.15, 0.2) is 11.6 Å².